The van der Waals surface area contributed by atoms with E-state index in [2.05, 4.69) is 132 Å². The summed E-state index contributed by atoms with van der Waals surface area (Å²) in [6.45, 7) is 20.6. The Balaban J connectivity index is 0.733. The lowest BCUT2D eigenvalue weighted by Crippen LogP contribution is -2.75. The first kappa shape index (κ1) is 46.7. The van der Waals surface area contributed by atoms with Crippen molar-refractivity contribution in [3.8, 4) is 17.6 Å². The van der Waals surface area contributed by atoms with Crippen molar-refractivity contribution >= 4 is 35.0 Å². The van der Waals surface area contributed by atoms with E-state index in [1.165, 1.54) is 17.7 Å². The van der Waals surface area contributed by atoms with Gasteiger partial charge in [-0.2, -0.15) is 5.26 Å². The van der Waals surface area contributed by atoms with Crippen LogP contribution < -0.4 is 41.6 Å². The summed E-state index contributed by atoms with van der Waals surface area (Å²) in [6.07, 6.45) is 6.87. The maximum absolute atomic E-state index is 13.8. The topological polar surface area (TPSA) is 160 Å². The highest BCUT2D eigenvalue weighted by molar-refractivity contribution is 8.00. The maximum Gasteiger partial charge on any atom is 0.225 e. The third-order valence-corrected chi connectivity index (χ3v) is 18.8. The number of carbonyl (C=O) groups is 1. The number of nitrogens with one attached hydrogen (secondary N) is 6. The number of aliphatic imine (C=N–C) groups is 1. The minimum atomic E-state index is -0.313. The van der Waals surface area contributed by atoms with E-state index >= 15 is 0 Å². The number of hydrogen-bond donors (Lipinski definition) is 6. The Morgan fingerprint density at radius 3 is 2.48 bits per heavy atom. The molecule has 6 aliphatic heterocycles. The Morgan fingerprint density at radius 2 is 1.77 bits per heavy atom. The van der Waals surface area contributed by atoms with Gasteiger partial charge in [0, 0.05) is 79.0 Å². The van der Waals surface area contributed by atoms with Gasteiger partial charge in [-0.05, 0) is 92.3 Å². The monoisotopic (exact) mass is 943 g/mol. The number of carbonyl (C=O) groups excluding carboxylic acids is 1. The van der Waals surface area contributed by atoms with Crippen LogP contribution in [0.25, 0.3) is 0 Å². The molecule has 14 nitrogen and oxygen atoms in total. The number of hydrazine groups is 1. The van der Waals surface area contributed by atoms with Crippen molar-refractivity contribution in [2.75, 3.05) is 39.3 Å². The van der Waals surface area contributed by atoms with Gasteiger partial charge in [0.15, 0.2) is 0 Å². The average molecular weight is 944 g/mol. The number of hydrogen-bond acceptors (Lipinski definition) is 14. The third-order valence-electron chi connectivity index (χ3n) is 16.8. The molecule has 2 aromatic rings. The molecule has 2 saturated carbocycles. The molecule has 10 rings (SSSR count). The summed E-state index contributed by atoms with van der Waals surface area (Å²) in [4.78, 5) is 24.7. The molecule has 10 atom stereocenters. The van der Waals surface area contributed by atoms with Gasteiger partial charge in [-0.3, -0.25) is 35.5 Å². The molecule has 8 aliphatic rings. The third kappa shape index (κ3) is 8.68. The number of nitriles is 1. The lowest BCUT2D eigenvalue weighted by molar-refractivity contribution is -0.174. The lowest BCUT2D eigenvalue weighted by Gasteiger charge is -2.63. The van der Waals surface area contributed by atoms with Crippen molar-refractivity contribution < 1.29 is 19.0 Å². The van der Waals surface area contributed by atoms with E-state index in [9.17, 15) is 10.1 Å². The number of benzene rings is 2. The van der Waals surface area contributed by atoms with Crippen LogP contribution in [0.3, 0.4) is 0 Å². The number of piperidine rings is 1. The summed E-state index contributed by atoms with van der Waals surface area (Å²) < 4.78 is 19.3. The van der Waals surface area contributed by atoms with Gasteiger partial charge >= 0.3 is 0 Å². The minimum absolute atomic E-state index is 0.0170. The molecule has 5 saturated heterocycles. The molecule has 1 amide bonds. The van der Waals surface area contributed by atoms with Gasteiger partial charge in [0.25, 0.3) is 0 Å². The Kier molecular flexibility index (Phi) is 13.0. The number of fused-ring (bicyclic) bond motifs is 3. The van der Waals surface area contributed by atoms with Crippen molar-refractivity contribution in [1.82, 2.24) is 41.9 Å². The van der Waals surface area contributed by atoms with Gasteiger partial charge < -0.3 is 19.5 Å². The van der Waals surface area contributed by atoms with Crippen LogP contribution in [0, 0.1) is 45.3 Å². The second kappa shape index (κ2) is 18.4. The fraction of sp³-hybridized carbons (Fsp3) is 0.700. The zero-order valence-electron chi connectivity index (χ0n) is 39.7. The van der Waals surface area contributed by atoms with E-state index in [4.69, 9.17) is 30.8 Å². The predicted octanol–water partition coefficient (Wildman–Crippen LogP) is 5.62. The summed E-state index contributed by atoms with van der Waals surface area (Å²) in [6, 6.07) is 16.1. The fourth-order valence-corrected chi connectivity index (χ4v) is 15.5. The number of halogens is 1. The van der Waals surface area contributed by atoms with Gasteiger partial charge in [-0.25, -0.2) is 10.9 Å². The van der Waals surface area contributed by atoms with E-state index < -0.39 is 0 Å². The zero-order valence-corrected chi connectivity index (χ0v) is 41.3. The first-order valence-electron chi connectivity index (χ1n) is 24.7. The van der Waals surface area contributed by atoms with Gasteiger partial charge in [-0.15, -0.1) is 11.8 Å². The van der Waals surface area contributed by atoms with Gasteiger partial charge in [-0.1, -0.05) is 53.1 Å². The van der Waals surface area contributed by atoms with Crippen LogP contribution >= 0.6 is 23.4 Å². The van der Waals surface area contributed by atoms with Crippen molar-refractivity contribution in [1.29, 1.82) is 5.26 Å². The van der Waals surface area contributed by atoms with Crippen LogP contribution in [-0.2, 0) is 9.53 Å². The zero-order chi connectivity index (χ0) is 46.1. The molecule has 0 bridgehead atoms. The summed E-state index contributed by atoms with van der Waals surface area (Å²) in [5, 5.41) is 24.9. The molecular formula is C50H71ClN10O4S. The Labute approximate surface area is 400 Å². The fourth-order valence-electron chi connectivity index (χ4n) is 13.5. The van der Waals surface area contributed by atoms with E-state index in [0.29, 0.717) is 51.9 Å². The van der Waals surface area contributed by atoms with E-state index in [0.717, 1.165) is 64.1 Å². The largest absolute Gasteiger partial charge is 0.490 e. The molecule has 0 radical (unpaired) electrons. The van der Waals surface area contributed by atoms with Gasteiger partial charge in [0.1, 0.15) is 36.2 Å². The lowest BCUT2D eigenvalue weighted by atomic mass is 9.49. The normalized spacial score (nSPS) is 39.6. The number of amides is 1. The van der Waals surface area contributed by atoms with E-state index in [1.807, 2.05) is 0 Å². The number of thioether (sulfide) groups is 1. The number of rotatable bonds is 10. The average Bonchev–Trinajstić information content (AvgIpc) is 4.09. The van der Waals surface area contributed by atoms with Gasteiger partial charge in [0.05, 0.1) is 53.0 Å². The van der Waals surface area contributed by atoms with E-state index in [1.54, 1.807) is 18.2 Å². The molecular weight excluding hydrogens is 872 g/mol. The number of nitrogens with zero attached hydrogens (tertiary/aromatic N) is 4. The molecule has 2 aliphatic carbocycles. The van der Waals surface area contributed by atoms with Crippen molar-refractivity contribution in [2.24, 2.45) is 39.0 Å². The number of ether oxygens (including phenoxy) is 3. The summed E-state index contributed by atoms with van der Waals surface area (Å²) in [5.41, 5.74) is 9.60. The first-order valence-corrected chi connectivity index (χ1v) is 26.0. The van der Waals surface area contributed by atoms with Crippen molar-refractivity contribution in [3.05, 3.63) is 58.6 Å². The maximum atomic E-state index is 13.8. The molecule has 66 heavy (non-hydrogen) atoms. The molecule has 2 aromatic carbocycles. The molecule has 6 N–H and O–H groups in total. The van der Waals surface area contributed by atoms with Crippen LogP contribution in [-0.4, -0.2) is 121 Å². The Morgan fingerprint density at radius 1 is 1.02 bits per heavy atom. The number of likely N-dealkylation sites (tertiary alicyclic amines) is 1. The first-order chi connectivity index (χ1) is 31.6. The highest BCUT2D eigenvalue weighted by atomic mass is 35.5. The molecule has 7 fully saturated rings. The van der Waals surface area contributed by atoms with Crippen LogP contribution in [0.1, 0.15) is 98.1 Å². The smallest absolute Gasteiger partial charge is 0.225 e. The summed E-state index contributed by atoms with van der Waals surface area (Å²) in [7, 11) is 0. The van der Waals surface area contributed by atoms with Gasteiger partial charge in [0.2, 0.25) is 5.91 Å². The minimum Gasteiger partial charge on any atom is -0.490 e. The highest BCUT2D eigenvalue weighted by Crippen LogP contribution is 2.56. The summed E-state index contributed by atoms with van der Waals surface area (Å²) >= 11 is 8.41. The van der Waals surface area contributed by atoms with E-state index in [-0.39, 0.29) is 77.2 Å². The Bertz CT molecular complexity index is 2160. The highest BCUT2D eigenvalue weighted by Gasteiger charge is 2.64. The molecule has 7 unspecified atom stereocenters. The second-order valence-electron chi connectivity index (χ2n) is 21.9. The molecule has 1 spiro atoms. The van der Waals surface area contributed by atoms with Crippen LogP contribution in [0.4, 0.5) is 0 Å². The van der Waals surface area contributed by atoms with Crippen LogP contribution in [0.15, 0.2) is 47.5 Å². The quantitative estimate of drug-likeness (QED) is 0.175. The second-order valence-corrected chi connectivity index (χ2v) is 23.8. The SMILES string of the molecule is CC1SC2C(C(c3ccc(O[C@@H]4CC[C@]5(CCCN(C6NCC(C(=O)NC7C(C)(C)C(Oc8ccc(C#N)c(Cl)c8)C7(C)C)CN6)C5)C4)cc3)=N[C@@H](CC3NCCO3)C3NNC(C)N23)C1C. The molecule has 16 heteroatoms. The van der Waals surface area contributed by atoms with Crippen molar-refractivity contribution in [3.63, 3.8) is 0 Å². The standard InChI is InChI=1S/C50H71ClN10O4S/c1-28-29(2)66-44-40(28)41(56-38(22-39-53-18-20-63-39)42-59-58-30(3)61(42)44)31-9-12-34(13-10-31)64-36-15-17-50(23-36)16-8-19-60(27-50)47-54-25-33(26-55-47)43(62)57-45-48(4,5)46(49(45,6)7)65-35-14-11-32(24-52)37(51)21-35/h9-14,21,28-30,33,36,38-40,42,44-47,53-55,58-59H,8,15-20,22-23,25-27H2,1-7H3,(H,57,62)/t28?,29?,30?,33?,36-,38+,39?,40?,42?,44?,45?,46?,47?,50-/m1/s1. The Hall–Kier alpha value is -3.01. The molecule has 358 valence electrons. The van der Waals surface area contributed by atoms with Crippen molar-refractivity contribution in [2.45, 2.75) is 147 Å². The van der Waals surface area contributed by atoms with Crippen LogP contribution in [0.2, 0.25) is 5.02 Å². The molecule has 6 heterocycles. The predicted molar refractivity (Wildman–Crippen MR) is 259 cm³/mol. The molecule has 0 aromatic heterocycles. The van der Waals surface area contributed by atoms with Crippen LogP contribution in [0.5, 0.6) is 11.5 Å². The summed E-state index contributed by atoms with van der Waals surface area (Å²) in [5.74, 6) is 2.25.